The van der Waals surface area contributed by atoms with E-state index in [-0.39, 0.29) is 12.1 Å². The molecule has 5 heteroatoms. The summed E-state index contributed by atoms with van der Waals surface area (Å²) in [5.74, 6) is -0.903. The molecule has 1 unspecified atom stereocenters. The van der Waals surface area contributed by atoms with Crippen LogP contribution < -0.4 is 5.32 Å². The Bertz CT molecular complexity index is 528. The molecular weight excluding hydrogens is 256 g/mol. The van der Waals surface area contributed by atoms with Gasteiger partial charge in [-0.15, -0.1) is 0 Å². The van der Waals surface area contributed by atoms with E-state index in [1.165, 1.54) is 0 Å². The summed E-state index contributed by atoms with van der Waals surface area (Å²) in [6, 6.07) is 5.32. The highest BCUT2D eigenvalue weighted by atomic mass is 16.4. The Morgan fingerprint density at radius 1 is 1.45 bits per heavy atom. The summed E-state index contributed by atoms with van der Waals surface area (Å²) in [5, 5.41) is 12.1. The molecule has 5 nitrogen and oxygen atoms in total. The third kappa shape index (κ3) is 2.92. The van der Waals surface area contributed by atoms with E-state index >= 15 is 0 Å². The number of amides is 2. The number of benzene rings is 1. The number of nitrogens with one attached hydrogen (secondary N) is 1. The van der Waals surface area contributed by atoms with Crippen LogP contribution in [0.15, 0.2) is 18.2 Å². The van der Waals surface area contributed by atoms with Crippen molar-refractivity contribution >= 4 is 12.0 Å². The van der Waals surface area contributed by atoms with Crippen LogP contribution in [-0.2, 0) is 13.0 Å². The van der Waals surface area contributed by atoms with Crippen molar-refractivity contribution in [1.29, 1.82) is 0 Å². The highest BCUT2D eigenvalue weighted by molar-refractivity contribution is 5.90. The summed E-state index contributed by atoms with van der Waals surface area (Å²) in [7, 11) is 0. The van der Waals surface area contributed by atoms with E-state index < -0.39 is 5.97 Å². The predicted octanol–water partition coefficient (Wildman–Crippen LogP) is 2.25. The first kappa shape index (κ1) is 14.4. The van der Waals surface area contributed by atoms with E-state index in [0.29, 0.717) is 25.1 Å². The number of carbonyl (C=O) groups is 2. The molecule has 0 aromatic heterocycles. The number of carbonyl (C=O) groups excluding carboxylic acids is 1. The molecule has 0 aliphatic carbocycles. The molecule has 0 radical (unpaired) electrons. The van der Waals surface area contributed by atoms with Crippen molar-refractivity contribution in [2.75, 3.05) is 6.54 Å². The summed E-state index contributed by atoms with van der Waals surface area (Å²) in [6.45, 7) is 5.02. The molecule has 2 rings (SSSR count). The van der Waals surface area contributed by atoms with Gasteiger partial charge in [0.2, 0.25) is 0 Å². The topological polar surface area (TPSA) is 69.6 Å². The van der Waals surface area contributed by atoms with Gasteiger partial charge in [-0.05, 0) is 37.0 Å². The number of urea groups is 1. The van der Waals surface area contributed by atoms with E-state index in [9.17, 15) is 14.7 Å². The molecule has 1 atom stereocenters. The van der Waals surface area contributed by atoms with Gasteiger partial charge >= 0.3 is 12.0 Å². The number of carboxylic acid groups (broad SMARTS) is 1. The molecule has 2 N–H and O–H groups in total. The lowest BCUT2D eigenvalue weighted by atomic mass is 9.94. The second-order valence-corrected chi connectivity index (χ2v) is 5.18. The molecule has 1 aliphatic heterocycles. The number of hydrogen-bond acceptors (Lipinski definition) is 2. The molecule has 0 saturated heterocycles. The molecule has 1 aliphatic rings. The summed E-state index contributed by atoms with van der Waals surface area (Å²) < 4.78 is 0. The van der Waals surface area contributed by atoms with Crippen LogP contribution >= 0.6 is 0 Å². The summed E-state index contributed by atoms with van der Waals surface area (Å²) >= 11 is 0. The minimum absolute atomic E-state index is 0.0780. The Hall–Kier alpha value is -2.04. The molecule has 0 spiro atoms. The van der Waals surface area contributed by atoms with Gasteiger partial charge in [-0.3, -0.25) is 0 Å². The Balaban J connectivity index is 2.14. The van der Waals surface area contributed by atoms with Crippen molar-refractivity contribution in [3.8, 4) is 0 Å². The molecule has 0 bridgehead atoms. The quantitative estimate of drug-likeness (QED) is 0.889. The zero-order valence-electron chi connectivity index (χ0n) is 11.8. The van der Waals surface area contributed by atoms with E-state index in [2.05, 4.69) is 5.32 Å². The maximum atomic E-state index is 12.1. The zero-order chi connectivity index (χ0) is 14.7. The fraction of sp³-hybridized carbons (Fsp3) is 0.467. The van der Waals surface area contributed by atoms with E-state index in [1.807, 2.05) is 19.9 Å². The molecule has 1 aromatic rings. The van der Waals surface area contributed by atoms with Gasteiger partial charge in [0, 0.05) is 19.1 Å². The maximum Gasteiger partial charge on any atom is 0.335 e. The normalized spacial score (nSPS) is 15.4. The average molecular weight is 276 g/mol. The third-order valence-electron chi connectivity index (χ3n) is 3.77. The fourth-order valence-electron chi connectivity index (χ4n) is 2.39. The molecule has 1 heterocycles. The SMILES string of the molecule is CCC(C)NC(=O)N1CCc2c(cccc2C(=O)O)C1. The number of aromatic carboxylic acids is 1. The number of fused-ring (bicyclic) bond motifs is 1. The van der Waals surface area contributed by atoms with Crippen LogP contribution in [0, 0.1) is 0 Å². The third-order valence-corrected chi connectivity index (χ3v) is 3.77. The van der Waals surface area contributed by atoms with Gasteiger partial charge in [0.1, 0.15) is 0 Å². The number of nitrogens with zero attached hydrogens (tertiary/aromatic N) is 1. The number of carboxylic acids is 1. The van der Waals surface area contributed by atoms with E-state index in [4.69, 9.17) is 0 Å². The van der Waals surface area contributed by atoms with Crippen LogP contribution in [-0.4, -0.2) is 34.6 Å². The van der Waals surface area contributed by atoms with E-state index in [1.54, 1.807) is 17.0 Å². The van der Waals surface area contributed by atoms with Gasteiger partial charge in [-0.1, -0.05) is 19.1 Å². The summed E-state index contributed by atoms with van der Waals surface area (Å²) in [4.78, 5) is 25.0. The highest BCUT2D eigenvalue weighted by Gasteiger charge is 2.24. The lowest BCUT2D eigenvalue weighted by Crippen LogP contribution is -2.45. The van der Waals surface area contributed by atoms with Crippen molar-refractivity contribution in [2.24, 2.45) is 0 Å². The van der Waals surface area contributed by atoms with Gasteiger partial charge in [0.05, 0.1) is 5.56 Å². The van der Waals surface area contributed by atoms with Gasteiger partial charge < -0.3 is 15.3 Å². The van der Waals surface area contributed by atoms with Crippen molar-refractivity contribution in [2.45, 2.75) is 39.3 Å². The molecule has 2 amide bonds. The first-order valence-electron chi connectivity index (χ1n) is 6.92. The Labute approximate surface area is 118 Å². The Morgan fingerprint density at radius 2 is 2.20 bits per heavy atom. The minimum atomic E-state index is -0.903. The van der Waals surface area contributed by atoms with Crippen LogP contribution in [0.3, 0.4) is 0 Å². The van der Waals surface area contributed by atoms with Crippen molar-refractivity contribution < 1.29 is 14.7 Å². The van der Waals surface area contributed by atoms with Crippen molar-refractivity contribution in [3.05, 3.63) is 34.9 Å². The lowest BCUT2D eigenvalue weighted by Gasteiger charge is -2.30. The second kappa shape index (κ2) is 5.94. The molecule has 108 valence electrons. The molecular formula is C15H20N2O3. The molecule has 20 heavy (non-hydrogen) atoms. The minimum Gasteiger partial charge on any atom is -0.478 e. The van der Waals surface area contributed by atoms with Gasteiger partial charge in [-0.2, -0.15) is 0 Å². The standard InChI is InChI=1S/C15H20N2O3/c1-3-10(2)16-15(20)17-8-7-12-11(9-17)5-4-6-13(12)14(18)19/h4-6,10H,3,7-9H2,1-2H3,(H,16,20)(H,18,19). The van der Waals surface area contributed by atoms with Crippen molar-refractivity contribution in [3.63, 3.8) is 0 Å². The predicted molar refractivity (Wildman–Crippen MR) is 75.8 cm³/mol. The van der Waals surface area contributed by atoms with Crippen molar-refractivity contribution in [1.82, 2.24) is 10.2 Å². The molecule has 0 fully saturated rings. The largest absolute Gasteiger partial charge is 0.478 e. The van der Waals surface area contributed by atoms with Gasteiger partial charge in [-0.25, -0.2) is 9.59 Å². The van der Waals surface area contributed by atoms with Crippen LogP contribution in [0.4, 0.5) is 4.79 Å². The smallest absolute Gasteiger partial charge is 0.335 e. The monoisotopic (exact) mass is 276 g/mol. The summed E-state index contributed by atoms with van der Waals surface area (Å²) in [5.41, 5.74) is 2.13. The highest BCUT2D eigenvalue weighted by Crippen LogP contribution is 2.22. The number of hydrogen-bond donors (Lipinski definition) is 2. The summed E-state index contributed by atoms with van der Waals surface area (Å²) in [6.07, 6.45) is 1.48. The van der Waals surface area contributed by atoms with Gasteiger partial charge in [0.15, 0.2) is 0 Å². The first-order chi connectivity index (χ1) is 9.52. The average Bonchev–Trinajstić information content (AvgIpc) is 2.45. The van der Waals surface area contributed by atoms with Crippen LogP contribution in [0.25, 0.3) is 0 Å². The van der Waals surface area contributed by atoms with Crippen LogP contribution in [0.2, 0.25) is 0 Å². The van der Waals surface area contributed by atoms with E-state index in [0.717, 1.165) is 17.5 Å². The molecule has 1 aromatic carbocycles. The molecule has 0 saturated carbocycles. The fourth-order valence-corrected chi connectivity index (χ4v) is 2.39. The Morgan fingerprint density at radius 3 is 2.85 bits per heavy atom. The first-order valence-corrected chi connectivity index (χ1v) is 6.92. The van der Waals surface area contributed by atoms with Crippen LogP contribution in [0.5, 0.6) is 0 Å². The maximum absolute atomic E-state index is 12.1. The Kier molecular flexibility index (Phi) is 4.27. The number of rotatable bonds is 3. The van der Waals surface area contributed by atoms with Gasteiger partial charge in [0.25, 0.3) is 0 Å². The lowest BCUT2D eigenvalue weighted by molar-refractivity contribution is 0.0695. The second-order valence-electron chi connectivity index (χ2n) is 5.18. The van der Waals surface area contributed by atoms with Crippen LogP contribution in [0.1, 0.15) is 41.8 Å². The zero-order valence-corrected chi connectivity index (χ0v) is 11.8.